The Hall–Kier alpha value is 0. The molecule has 13 heavy (non-hydrogen) atoms. The predicted molar refractivity (Wildman–Crippen MR) is 57.6 cm³/mol. The van der Waals surface area contributed by atoms with E-state index in [-0.39, 0.29) is 0 Å². The summed E-state index contributed by atoms with van der Waals surface area (Å²) in [6.45, 7) is 4.81. The zero-order valence-electron chi connectivity index (χ0n) is 9.26. The molecule has 2 aliphatic rings. The molecular weight excluding hydrogens is 156 g/mol. The minimum Gasteiger partial charge on any atom is -0.0654 e. The van der Waals surface area contributed by atoms with E-state index in [1.807, 2.05) is 0 Å². The molecule has 1 atom stereocenters. The maximum Gasteiger partial charge on any atom is -0.0381 e. The molecule has 0 aromatic heterocycles. The highest BCUT2D eigenvalue weighted by Crippen LogP contribution is 2.49. The van der Waals surface area contributed by atoms with Crippen LogP contribution in [0.15, 0.2) is 0 Å². The average molecular weight is 180 g/mol. The molecular formula is C13H24. The summed E-state index contributed by atoms with van der Waals surface area (Å²) in [7, 11) is 0. The molecule has 0 aromatic carbocycles. The molecule has 1 unspecified atom stereocenters. The summed E-state index contributed by atoms with van der Waals surface area (Å²) in [5.74, 6) is 4.44. The lowest BCUT2D eigenvalue weighted by molar-refractivity contribution is 0.111. The first-order chi connectivity index (χ1) is 6.31. The second-order valence-electron chi connectivity index (χ2n) is 5.44. The van der Waals surface area contributed by atoms with Crippen molar-refractivity contribution in [2.24, 2.45) is 23.7 Å². The van der Waals surface area contributed by atoms with Gasteiger partial charge < -0.3 is 0 Å². The second-order valence-corrected chi connectivity index (χ2v) is 5.44. The molecule has 0 heteroatoms. The third-order valence-electron chi connectivity index (χ3n) is 4.35. The molecule has 0 spiro atoms. The third kappa shape index (κ3) is 2.27. The lowest BCUT2D eigenvalue weighted by Gasteiger charge is -2.39. The van der Waals surface area contributed by atoms with Gasteiger partial charge in [-0.15, -0.1) is 0 Å². The predicted octanol–water partition coefficient (Wildman–Crippen LogP) is 4.25. The second kappa shape index (κ2) is 4.02. The molecule has 2 fully saturated rings. The molecule has 0 radical (unpaired) electrons. The SMILES string of the molecule is CCCCC1CC(C(C)C2CC2)C1. The summed E-state index contributed by atoms with van der Waals surface area (Å²) < 4.78 is 0. The smallest absolute Gasteiger partial charge is 0.0381 e. The van der Waals surface area contributed by atoms with Gasteiger partial charge in [-0.1, -0.05) is 33.1 Å². The van der Waals surface area contributed by atoms with E-state index in [4.69, 9.17) is 0 Å². The summed E-state index contributed by atoms with van der Waals surface area (Å²) in [5, 5.41) is 0. The first kappa shape index (κ1) is 9.55. The van der Waals surface area contributed by atoms with E-state index >= 15 is 0 Å². The van der Waals surface area contributed by atoms with Gasteiger partial charge in [-0.05, 0) is 49.4 Å². The Balaban J connectivity index is 1.60. The molecule has 0 bridgehead atoms. The van der Waals surface area contributed by atoms with E-state index < -0.39 is 0 Å². The minimum absolute atomic E-state index is 1.07. The van der Waals surface area contributed by atoms with E-state index in [9.17, 15) is 0 Å². The van der Waals surface area contributed by atoms with Gasteiger partial charge in [0.05, 0.1) is 0 Å². The van der Waals surface area contributed by atoms with Crippen LogP contribution >= 0.6 is 0 Å². The lowest BCUT2D eigenvalue weighted by Crippen LogP contribution is -2.29. The zero-order chi connectivity index (χ0) is 9.26. The van der Waals surface area contributed by atoms with E-state index in [0.29, 0.717) is 0 Å². The van der Waals surface area contributed by atoms with Crippen LogP contribution in [0.5, 0.6) is 0 Å². The Kier molecular flexibility index (Phi) is 2.96. The third-order valence-corrected chi connectivity index (χ3v) is 4.35. The Bertz CT molecular complexity index is 151. The van der Waals surface area contributed by atoms with Gasteiger partial charge in [0.2, 0.25) is 0 Å². The standard InChI is InChI=1S/C13H24/c1-3-4-5-11-8-13(9-11)10(2)12-6-7-12/h10-13H,3-9H2,1-2H3. The van der Waals surface area contributed by atoms with Gasteiger partial charge in [-0.25, -0.2) is 0 Å². The molecule has 0 heterocycles. The summed E-state index contributed by atoms with van der Waals surface area (Å²) >= 11 is 0. The Labute approximate surface area is 83.1 Å². The number of hydrogen-bond donors (Lipinski definition) is 0. The van der Waals surface area contributed by atoms with E-state index in [2.05, 4.69) is 13.8 Å². The first-order valence-electron chi connectivity index (χ1n) is 6.31. The van der Waals surface area contributed by atoms with Crippen molar-refractivity contribution >= 4 is 0 Å². The van der Waals surface area contributed by atoms with Gasteiger partial charge in [0.15, 0.2) is 0 Å². The Morgan fingerprint density at radius 2 is 1.85 bits per heavy atom. The summed E-state index contributed by atoms with van der Waals surface area (Å²) in [6.07, 6.45) is 10.6. The summed E-state index contributed by atoms with van der Waals surface area (Å²) in [4.78, 5) is 0. The van der Waals surface area contributed by atoms with E-state index in [1.165, 1.54) is 32.1 Å². The van der Waals surface area contributed by atoms with Crippen molar-refractivity contribution in [1.29, 1.82) is 0 Å². The van der Waals surface area contributed by atoms with Crippen LogP contribution in [0.2, 0.25) is 0 Å². The number of rotatable bonds is 5. The molecule has 0 saturated heterocycles. The fraction of sp³-hybridized carbons (Fsp3) is 1.00. The van der Waals surface area contributed by atoms with Crippen LogP contribution in [-0.4, -0.2) is 0 Å². The van der Waals surface area contributed by atoms with Crippen LogP contribution < -0.4 is 0 Å². The molecule has 76 valence electrons. The molecule has 0 nitrogen and oxygen atoms in total. The molecule has 0 aliphatic heterocycles. The van der Waals surface area contributed by atoms with Crippen molar-refractivity contribution in [3.8, 4) is 0 Å². The van der Waals surface area contributed by atoms with E-state index in [1.54, 1.807) is 12.8 Å². The lowest BCUT2D eigenvalue weighted by atomic mass is 9.66. The van der Waals surface area contributed by atoms with Crippen LogP contribution in [0.4, 0.5) is 0 Å². The van der Waals surface area contributed by atoms with Crippen molar-refractivity contribution in [2.45, 2.75) is 58.8 Å². The van der Waals surface area contributed by atoms with Crippen molar-refractivity contribution in [3.05, 3.63) is 0 Å². The number of unbranched alkanes of at least 4 members (excludes halogenated alkanes) is 1. The van der Waals surface area contributed by atoms with Crippen molar-refractivity contribution in [1.82, 2.24) is 0 Å². The number of hydrogen-bond acceptors (Lipinski definition) is 0. The van der Waals surface area contributed by atoms with Gasteiger partial charge in [0, 0.05) is 0 Å². The quantitative estimate of drug-likeness (QED) is 0.593. The minimum atomic E-state index is 1.07. The molecule has 0 amide bonds. The van der Waals surface area contributed by atoms with Crippen LogP contribution in [0.25, 0.3) is 0 Å². The maximum absolute atomic E-state index is 2.50. The van der Waals surface area contributed by atoms with Crippen molar-refractivity contribution in [2.75, 3.05) is 0 Å². The largest absolute Gasteiger partial charge is 0.0654 e. The monoisotopic (exact) mass is 180 g/mol. The van der Waals surface area contributed by atoms with Gasteiger partial charge in [0.1, 0.15) is 0 Å². The van der Waals surface area contributed by atoms with Gasteiger partial charge in [-0.3, -0.25) is 0 Å². The average Bonchev–Trinajstić information content (AvgIpc) is 2.83. The van der Waals surface area contributed by atoms with Crippen molar-refractivity contribution < 1.29 is 0 Å². The molecule has 0 aromatic rings. The topological polar surface area (TPSA) is 0 Å². The molecule has 0 N–H and O–H groups in total. The Morgan fingerprint density at radius 3 is 2.38 bits per heavy atom. The van der Waals surface area contributed by atoms with Crippen molar-refractivity contribution in [3.63, 3.8) is 0 Å². The van der Waals surface area contributed by atoms with Crippen LogP contribution in [0.3, 0.4) is 0 Å². The highest BCUT2D eigenvalue weighted by Gasteiger charge is 2.39. The molecule has 2 saturated carbocycles. The highest BCUT2D eigenvalue weighted by molar-refractivity contribution is 4.89. The van der Waals surface area contributed by atoms with Crippen LogP contribution in [0.1, 0.15) is 58.8 Å². The molecule has 2 aliphatic carbocycles. The Morgan fingerprint density at radius 1 is 1.15 bits per heavy atom. The summed E-state index contributed by atoms with van der Waals surface area (Å²) in [6, 6.07) is 0. The first-order valence-corrected chi connectivity index (χ1v) is 6.31. The highest BCUT2D eigenvalue weighted by atomic mass is 14.4. The van der Waals surface area contributed by atoms with Crippen LogP contribution in [-0.2, 0) is 0 Å². The maximum atomic E-state index is 2.50. The fourth-order valence-electron chi connectivity index (χ4n) is 2.95. The fourth-order valence-corrected chi connectivity index (χ4v) is 2.95. The van der Waals surface area contributed by atoms with E-state index in [0.717, 1.165) is 23.7 Å². The molecule has 2 rings (SSSR count). The van der Waals surface area contributed by atoms with Crippen LogP contribution in [0, 0.1) is 23.7 Å². The van der Waals surface area contributed by atoms with Gasteiger partial charge >= 0.3 is 0 Å². The normalized spacial score (nSPS) is 35.5. The van der Waals surface area contributed by atoms with Gasteiger partial charge in [0.25, 0.3) is 0 Å². The van der Waals surface area contributed by atoms with Gasteiger partial charge in [-0.2, -0.15) is 0 Å². The zero-order valence-corrected chi connectivity index (χ0v) is 9.26. The summed E-state index contributed by atoms with van der Waals surface area (Å²) in [5.41, 5.74) is 0.